The lowest BCUT2D eigenvalue weighted by Gasteiger charge is -2.13. The lowest BCUT2D eigenvalue weighted by molar-refractivity contribution is 0.103. The van der Waals surface area contributed by atoms with Crippen molar-refractivity contribution in [3.8, 4) is 11.5 Å². The van der Waals surface area contributed by atoms with E-state index in [9.17, 15) is 4.79 Å². The minimum absolute atomic E-state index is 0.244. The monoisotopic (exact) mass is 369 g/mol. The van der Waals surface area contributed by atoms with Crippen LogP contribution in [-0.4, -0.2) is 20.0 Å². The molecule has 0 aliphatic rings. The van der Waals surface area contributed by atoms with Crippen molar-refractivity contribution in [3.63, 3.8) is 0 Å². The van der Waals surface area contributed by atoms with Crippen LogP contribution in [0, 0.1) is 0 Å². The molecular weight excluding hydrogens is 358 g/mol. The lowest BCUT2D eigenvalue weighted by Crippen LogP contribution is -2.08. The van der Waals surface area contributed by atoms with Gasteiger partial charge in [0.05, 0.1) is 35.0 Å². The van der Waals surface area contributed by atoms with Crippen LogP contribution in [0.2, 0.25) is 5.02 Å². The average Bonchev–Trinajstić information content (AvgIpc) is 2.49. The number of halogens is 2. The van der Waals surface area contributed by atoms with E-state index < -0.39 is 0 Å². The Kier molecular flexibility index (Phi) is 4.75. The third kappa shape index (κ3) is 2.99. The van der Waals surface area contributed by atoms with Crippen LogP contribution in [0.1, 0.15) is 15.9 Å². The van der Waals surface area contributed by atoms with Crippen LogP contribution < -0.4 is 15.2 Å². The van der Waals surface area contributed by atoms with Gasteiger partial charge in [0, 0.05) is 5.56 Å². The third-order valence-electron chi connectivity index (χ3n) is 3.02. The van der Waals surface area contributed by atoms with Crippen molar-refractivity contribution in [1.82, 2.24) is 0 Å². The molecule has 0 heterocycles. The molecule has 2 aromatic carbocycles. The molecular formula is C15H13BrClNO3. The Hall–Kier alpha value is -1.72. The summed E-state index contributed by atoms with van der Waals surface area (Å²) in [6.45, 7) is 0. The highest BCUT2D eigenvalue weighted by Gasteiger charge is 2.20. The predicted molar refractivity (Wildman–Crippen MR) is 86.5 cm³/mol. The van der Waals surface area contributed by atoms with Gasteiger partial charge in [0.25, 0.3) is 0 Å². The molecule has 4 nitrogen and oxygen atoms in total. The minimum Gasteiger partial charge on any atom is -0.496 e. The van der Waals surface area contributed by atoms with Crippen molar-refractivity contribution in [2.45, 2.75) is 0 Å². The number of carbonyl (C=O) groups excluding carboxylic acids is 1. The zero-order valence-corrected chi connectivity index (χ0v) is 13.8. The number of hydrogen-bond acceptors (Lipinski definition) is 4. The number of nitrogens with two attached hydrogens (primary N) is 1. The largest absolute Gasteiger partial charge is 0.496 e. The topological polar surface area (TPSA) is 61.5 Å². The van der Waals surface area contributed by atoms with Crippen molar-refractivity contribution in [1.29, 1.82) is 0 Å². The molecule has 110 valence electrons. The molecule has 6 heteroatoms. The second-order valence-corrected chi connectivity index (χ2v) is 5.48. The van der Waals surface area contributed by atoms with Crippen LogP contribution in [-0.2, 0) is 0 Å². The Labute approximate surface area is 135 Å². The third-order valence-corrected chi connectivity index (χ3v) is 3.97. The molecule has 0 bridgehead atoms. The first kappa shape index (κ1) is 15.7. The van der Waals surface area contributed by atoms with Crippen LogP contribution in [0.15, 0.2) is 34.8 Å². The van der Waals surface area contributed by atoms with E-state index in [4.69, 9.17) is 26.8 Å². The summed E-state index contributed by atoms with van der Waals surface area (Å²) in [5.41, 5.74) is 6.80. The molecule has 2 N–H and O–H groups in total. The van der Waals surface area contributed by atoms with Crippen molar-refractivity contribution >= 4 is 39.0 Å². The molecule has 2 aromatic rings. The summed E-state index contributed by atoms with van der Waals surface area (Å²) in [7, 11) is 3.01. The van der Waals surface area contributed by atoms with E-state index in [2.05, 4.69) is 15.9 Å². The Bertz CT molecular complexity index is 704. The Balaban J connectivity index is 2.60. The highest BCUT2D eigenvalue weighted by atomic mass is 79.9. The SMILES string of the molecule is COc1cc(C(=O)c2cccc(Cl)c2N)c(OC)cc1Br. The number of carbonyl (C=O) groups is 1. The molecule has 0 unspecified atom stereocenters. The fourth-order valence-corrected chi connectivity index (χ4v) is 2.58. The van der Waals surface area contributed by atoms with Crippen LogP contribution in [0.25, 0.3) is 0 Å². The summed E-state index contributed by atoms with van der Waals surface area (Å²) in [6, 6.07) is 8.21. The number of methoxy groups -OCH3 is 2. The van der Waals surface area contributed by atoms with Crippen molar-refractivity contribution in [3.05, 3.63) is 51.0 Å². The number of para-hydroxylation sites is 1. The number of hydrogen-bond donors (Lipinski definition) is 1. The molecule has 21 heavy (non-hydrogen) atoms. The summed E-state index contributed by atoms with van der Waals surface area (Å²) in [6.07, 6.45) is 0. The summed E-state index contributed by atoms with van der Waals surface area (Å²) >= 11 is 9.31. The van der Waals surface area contributed by atoms with Gasteiger partial charge in [-0.1, -0.05) is 17.7 Å². The molecule has 0 saturated heterocycles. The first-order valence-electron chi connectivity index (χ1n) is 5.99. The van der Waals surface area contributed by atoms with Gasteiger partial charge in [-0.2, -0.15) is 0 Å². The molecule has 0 aromatic heterocycles. The van der Waals surface area contributed by atoms with E-state index in [1.807, 2.05) is 0 Å². The number of nitrogen functional groups attached to an aromatic ring is 1. The van der Waals surface area contributed by atoms with E-state index in [1.165, 1.54) is 14.2 Å². The molecule has 0 amide bonds. The second-order valence-electron chi connectivity index (χ2n) is 4.22. The quantitative estimate of drug-likeness (QED) is 0.654. The molecule has 0 saturated carbocycles. The van der Waals surface area contributed by atoms with Crippen molar-refractivity contribution in [2.24, 2.45) is 0 Å². The molecule has 0 radical (unpaired) electrons. The van der Waals surface area contributed by atoms with Crippen molar-refractivity contribution < 1.29 is 14.3 Å². The highest BCUT2D eigenvalue weighted by Crippen LogP contribution is 2.35. The maximum Gasteiger partial charge on any atom is 0.199 e. The van der Waals surface area contributed by atoms with Gasteiger partial charge in [0.15, 0.2) is 5.78 Å². The zero-order valence-electron chi connectivity index (χ0n) is 11.4. The molecule has 2 rings (SSSR count). The Morgan fingerprint density at radius 2 is 1.81 bits per heavy atom. The summed E-state index contributed by atoms with van der Waals surface area (Å²) in [5.74, 6) is 0.671. The number of rotatable bonds is 4. The average molecular weight is 371 g/mol. The normalized spacial score (nSPS) is 10.3. The van der Waals surface area contributed by atoms with Gasteiger partial charge in [-0.15, -0.1) is 0 Å². The van der Waals surface area contributed by atoms with Crippen LogP contribution in [0.4, 0.5) is 5.69 Å². The minimum atomic E-state index is -0.280. The highest BCUT2D eigenvalue weighted by molar-refractivity contribution is 9.10. The smallest absolute Gasteiger partial charge is 0.199 e. The fraction of sp³-hybridized carbons (Fsp3) is 0.133. The van der Waals surface area contributed by atoms with Crippen LogP contribution in [0.3, 0.4) is 0 Å². The van der Waals surface area contributed by atoms with Crippen molar-refractivity contribution in [2.75, 3.05) is 20.0 Å². The fourth-order valence-electron chi connectivity index (χ4n) is 1.92. The van der Waals surface area contributed by atoms with Gasteiger partial charge < -0.3 is 15.2 Å². The predicted octanol–water partition coefficient (Wildman–Crippen LogP) is 3.93. The molecule has 0 atom stereocenters. The molecule has 0 spiro atoms. The van der Waals surface area contributed by atoms with Gasteiger partial charge in [0.2, 0.25) is 0 Å². The van der Waals surface area contributed by atoms with E-state index in [0.717, 1.165) is 0 Å². The first-order chi connectivity index (χ1) is 9.99. The van der Waals surface area contributed by atoms with E-state index >= 15 is 0 Å². The van der Waals surface area contributed by atoms with Gasteiger partial charge in [0.1, 0.15) is 11.5 Å². The number of ether oxygens (including phenoxy) is 2. The van der Waals surface area contributed by atoms with E-state index in [1.54, 1.807) is 30.3 Å². The summed E-state index contributed by atoms with van der Waals surface area (Å²) in [5, 5.41) is 0.337. The Morgan fingerprint density at radius 1 is 1.14 bits per heavy atom. The maximum absolute atomic E-state index is 12.7. The maximum atomic E-state index is 12.7. The second kappa shape index (κ2) is 6.37. The van der Waals surface area contributed by atoms with Gasteiger partial charge >= 0.3 is 0 Å². The first-order valence-corrected chi connectivity index (χ1v) is 7.17. The van der Waals surface area contributed by atoms with Gasteiger partial charge in [-0.3, -0.25) is 4.79 Å². The number of benzene rings is 2. The van der Waals surface area contributed by atoms with E-state index in [0.29, 0.717) is 32.1 Å². The van der Waals surface area contributed by atoms with E-state index in [-0.39, 0.29) is 11.5 Å². The Morgan fingerprint density at radius 3 is 2.43 bits per heavy atom. The standard InChI is InChI=1S/C15H13BrClNO3/c1-20-12-7-10(16)13(21-2)6-9(12)15(19)8-4-3-5-11(17)14(8)18/h3-7H,18H2,1-2H3. The molecule has 0 fully saturated rings. The van der Waals surface area contributed by atoms with Gasteiger partial charge in [-0.25, -0.2) is 0 Å². The summed E-state index contributed by atoms with van der Waals surface area (Å²) in [4.78, 5) is 12.7. The molecule has 0 aliphatic heterocycles. The van der Waals surface area contributed by atoms with Crippen LogP contribution >= 0.6 is 27.5 Å². The number of anilines is 1. The van der Waals surface area contributed by atoms with Crippen LogP contribution in [0.5, 0.6) is 11.5 Å². The van der Waals surface area contributed by atoms with Gasteiger partial charge in [-0.05, 0) is 40.2 Å². The molecule has 0 aliphatic carbocycles. The lowest BCUT2D eigenvalue weighted by atomic mass is 10.0. The summed E-state index contributed by atoms with van der Waals surface area (Å²) < 4.78 is 11.2. The number of ketones is 1. The zero-order chi connectivity index (χ0) is 15.6.